The number of anilines is 1. The summed E-state index contributed by atoms with van der Waals surface area (Å²) in [7, 11) is 0. The number of ether oxygens (including phenoxy) is 1. The minimum Gasteiger partial charge on any atom is -0.465 e. The highest BCUT2D eigenvalue weighted by molar-refractivity contribution is 6.01. The third kappa shape index (κ3) is 2.32. The van der Waals surface area contributed by atoms with Gasteiger partial charge in [0, 0.05) is 17.8 Å². The Morgan fingerprint density at radius 3 is 2.77 bits per heavy atom. The van der Waals surface area contributed by atoms with Crippen molar-refractivity contribution in [2.45, 2.75) is 39.0 Å². The predicted molar refractivity (Wildman–Crippen MR) is 84.2 cm³/mol. The van der Waals surface area contributed by atoms with Crippen molar-refractivity contribution >= 4 is 17.6 Å². The third-order valence-corrected chi connectivity index (χ3v) is 4.57. The van der Waals surface area contributed by atoms with Crippen molar-refractivity contribution in [1.82, 2.24) is 0 Å². The molecule has 2 aliphatic rings. The number of para-hydroxylation sites is 1. The van der Waals surface area contributed by atoms with Crippen LogP contribution in [-0.2, 0) is 14.3 Å². The van der Waals surface area contributed by atoms with Crippen molar-refractivity contribution in [3.8, 4) is 0 Å². The molecule has 1 aliphatic carbocycles. The number of hydrogen-bond acceptors (Lipinski definition) is 3. The van der Waals surface area contributed by atoms with Crippen molar-refractivity contribution in [2.24, 2.45) is 5.41 Å². The summed E-state index contributed by atoms with van der Waals surface area (Å²) in [6.45, 7) is 2.19. The molecular weight excluding hydrogens is 278 g/mol. The zero-order chi connectivity index (χ0) is 15.6. The number of carbonyl (C=O) groups is 2. The van der Waals surface area contributed by atoms with Gasteiger partial charge in [-0.05, 0) is 44.7 Å². The molecule has 1 amide bonds. The van der Waals surface area contributed by atoms with Gasteiger partial charge < -0.3 is 4.74 Å². The van der Waals surface area contributed by atoms with Crippen LogP contribution in [0.25, 0.3) is 0 Å². The normalized spacial score (nSPS) is 24.5. The number of amides is 1. The first-order chi connectivity index (χ1) is 10.7. The van der Waals surface area contributed by atoms with Crippen LogP contribution in [0.15, 0.2) is 42.1 Å². The lowest BCUT2D eigenvalue weighted by atomic mass is 9.69. The van der Waals surface area contributed by atoms with Gasteiger partial charge in [0.25, 0.3) is 0 Å². The van der Waals surface area contributed by atoms with Gasteiger partial charge in [-0.1, -0.05) is 24.3 Å². The molecule has 0 spiro atoms. The minimum atomic E-state index is -0.655. The number of benzene rings is 1. The Kier molecular flexibility index (Phi) is 4.01. The molecule has 1 unspecified atom stereocenters. The topological polar surface area (TPSA) is 46.6 Å². The maximum Gasteiger partial charge on any atom is 0.318 e. The van der Waals surface area contributed by atoms with E-state index in [9.17, 15) is 9.59 Å². The molecule has 1 fully saturated rings. The van der Waals surface area contributed by atoms with E-state index in [-0.39, 0.29) is 11.9 Å². The van der Waals surface area contributed by atoms with E-state index in [2.05, 4.69) is 0 Å². The largest absolute Gasteiger partial charge is 0.465 e. The molecule has 1 aliphatic heterocycles. The van der Waals surface area contributed by atoms with E-state index < -0.39 is 5.41 Å². The second kappa shape index (κ2) is 5.95. The Balaban J connectivity index is 2.05. The predicted octanol–water partition coefficient (Wildman–Crippen LogP) is 3.43. The number of allylic oxidation sites excluding steroid dienone is 1. The Morgan fingerprint density at radius 1 is 1.27 bits per heavy atom. The van der Waals surface area contributed by atoms with Crippen molar-refractivity contribution < 1.29 is 14.3 Å². The van der Waals surface area contributed by atoms with E-state index >= 15 is 0 Å². The van der Waals surface area contributed by atoms with Gasteiger partial charge in [-0.15, -0.1) is 0 Å². The van der Waals surface area contributed by atoms with Crippen LogP contribution in [0.4, 0.5) is 5.69 Å². The van der Waals surface area contributed by atoms with E-state index in [1.54, 1.807) is 4.90 Å². The van der Waals surface area contributed by atoms with E-state index in [0.717, 1.165) is 30.6 Å². The lowest BCUT2D eigenvalue weighted by molar-refractivity contribution is -0.155. The highest BCUT2D eigenvalue weighted by Gasteiger charge is 2.51. The summed E-state index contributed by atoms with van der Waals surface area (Å²) >= 11 is 0. The number of fused-ring (bicyclic) bond motifs is 1. The van der Waals surface area contributed by atoms with Crippen LogP contribution in [0.3, 0.4) is 0 Å². The summed E-state index contributed by atoms with van der Waals surface area (Å²) in [6.07, 6.45) is 5.59. The van der Waals surface area contributed by atoms with E-state index in [1.807, 2.05) is 43.3 Å². The van der Waals surface area contributed by atoms with E-state index in [1.165, 1.54) is 0 Å². The quantitative estimate of drug-likeness (QED) is 0.803. The van der Waals surface area contributed by atoms with E-state index in [0.29, 0.717) is 19.4 Å². The molecule has 1 aromatic rings. The zero-order valence-electron chi connectivity index (χ0n) is 12.9. The molecule has 4 heteroatoms. The van der Waals surface area contributed by atoms with Crippen LogP contribution < -0.4 is 4.90 Å². The number of piperidine rings is 1. The molecule has 0 aromatic heterocycles. The highest BCUT2D eigenvalue weighted by Crippen LogP contribution is 2.48. The molecule has 1 saturated heterocycles. The number of carbonyl (C=O) groups excluding carboxylic acids is 2. The summed E-state index contributed by atoms with van der Waals surface area (Å²) in [6, 6.07) is 9.56. The number of hydrogen-bond donors (Lipinski definition) is 0. The lowest BCUT2D eigenvalue weighted by Gasteiger charge is -2.45. The average Bonchev–Trinajstić information content (AvgIpc) is 2.56. The maximum absolute atomic E-state index is 12.6. The molecular formula is C18H21NO3. The summed E-state index contributed by atoms with van der Waals surface area (Å²) in [5.74, 6) is -0.131. The Hall–Kier alpha value is -2.10. The SMILES string of the molecule is CCOC(=O)C12CCCC=C1N(c1ccccc1)C(=O)CC2. The van der Waals surface area contributed by atoms with Gasteiger partial charge in [-0.3, -0.25) is 14.5 Å². The van der Waals surface area contributed by atoms with Crippen molar-refractivity contribution in [2.75, 3.05) is 11.5 Å². The fourth-order valence-electron chi connectivity index (χ4n) is 3.53. The van der Waals surface area contributed by atoms with E-state index in [4.69, 9.17) is 4.74 Å². The standard InChI is InChI=1S/C18H21NO3/c1-2-22-17(21)18-12-7-6-10-15(18)19(16(20)11-13-18)14-8-4-3-5-9-14/h3-5,8-10H,2,6-7,11-13H2,1H3. The second-order valence-corrected chi connectivity index (χ2v) is 5.85. The summed E-state index contributed by atoms with van der Waals surface area (Å²) in [5, 5.41) is 0. The first-order valence-corrected chi connectivity index (χ1v) is 7.95. The molecule has 1 aromatic carbocycles. The zero-order valence-corrected chi connectivity index (χ0v) is 12.9. The van der Waals surface area contributed by atoms with Gasteiger partial charge in [-0.2, -0.15) is 0 Å². The van der Waals surface area contributed by atoms with Crippen LogP contribution in [0.5, 0.6) is 0 Å². The first kappa shape index (κ1) is 14.8. The van der Waals surface area contributed by atoms with Gasteiger partial charge in [-0.25, -0.2) is 0 Å². The number of esters is 1. The fourth-order valence-corrected chi connectivity index (χ4v) is 3.53. The van der Waals surface area contributed by atoms with Crippen molar-refractivity contribution in [3.63, 3.8) is 0 Å². The molecule has 116 valence electrons. The summed E-state index contributed by atoms with van der Waals surface area (Å²) in [4.78, 5) is 26.9. The maximum atomic E-state index is 12.6. The molecule has 4 nitrogen and oxygen atoms in total. The Morgan fingerprint density at radius 2 is 2.05 bits per heavy atom. The van der Waals surface area contributed by atoms with Crippen LogP contribution in [-0.4, -0.2) is 18.5 Å². The van der Waals surface area contributed by atoms with Crippen LogP contribution >= 0.6 is 0 Å². The Labute approximate surface area is 130 Å². The molecule has 1 heterocycles. The summed E-state index contributed by atoms with van der Waals surface area (Å²) < 4.78 is 5.34. The Bertz CT molecular complexity index is 608. The molecule has 3 rings (SSSR count). The van der Waals surface area contributed by atoms with Gasteiger partial charge >= 0.3 is 5.97 Å². The molecule has 0 bridgehead atoms. The molecule has 0 N–H and O–H groups in total. The van der Waals surface area contributed by atoms with Gasteiger partial charge in [0.05, 0.1) is 6.61 Å². The van der Waals surface area contributed by atoms with Crippen LogP contribution in [0.2, 0.25) is 0 Å². The summed E-state index contributed by atoms with van der Waals surface area (Å²) in [5.41, 5.74) is 0.992. The second-order valence-electron chi connectivity index (χ2n) is 5.85. The third-order valence-electron chi connectivity index (χ3n) is 4.57. The van der Waals surface area contributed by atoms with Crippen LogP contribution in [0, 0.1) is 5.41 Å². The minimum absolute atomic E-state index is 0.0549. The van der Waals surface area contributed by atoms with Crippen molar-refractivity contribution in [1.29, 1.82) is 0 Å². The fraction of sp³-hybridized carbons (Fsp3) is 0.444. The smallest absolute Gasteiger partial charge is 0.318 e. The first-order valence-electron chi connectivity index (χ1n) is 7.95. The number of rotatable bonds is 3. The number of nitrogens with zero attached hydrogens (tertiary/aromatic N) is 1. The van der Waals surface area contributed by atoms with Gasteiger partial charge in [0.2, 0.25) is 5.91 Å². The van der Waals surface area contributed by atoms with Crippen molar-refractivity contribution in [3.05, 3.63) is 42.1 Å². The average molecular weight is 299 g/mol. The van der Waals surface area contributed by atoms with Gasteiger partial charge in [0.15, 0.2) is 0 Å². The molecule has 0 radical (unpaired) electrons. The molecule has 0 saturated carbocycles. The lowest BCUT2D eigenvalue weighted by Crippen LogP contribution is -2.50. The van der Waals surface area contributed by atoms with Gasteiger partial charge in [0.1, 0.15) is 5.41 Å². The highest BCUT2D eigenvalue weighted by atomic mass is 16.5. The molecule has 22 heavy (non-hydrogen) atoms. The molecule has 1 atom stereocenters. The monoisotopic (exact) mass is 299 g/mol. The van der Waals surface area contributed by atoms with Crippen LogP contribution in [0.1, 0.15) is 39.0 Å².